The van der Waals surface area contributed by atoms with Gasteiger partial charge < -0.3 is 25.1 Å². The van der Waals surface area contributed by atoms with Crippen molar-refractivity contribution >= 4 is 29.3 Å². The van der Waals surface area contributed by atoms with E-state index < -0.39 is 12.0 Å². The molecule has 1 aromatic heterocycles. The molecular formula is C28H35ClFN3O4S. The molecule has 206 valence electrons. The lowest BCUT2D eigenvalue weighted by Gasteiger charge is -2.40. The Balaban J connectivity index is 1.26. The Morgan fingerprint density at radius 2 is 1.84 bits per heavy atom. The second-order valence-electron chi connectivity index (χ2n) is 10.9. The number of alkyl halides is 1. The van der Waals surface area contributed by atoms with Crippen LogP contribution in [0, 0.1) is 19.8 Å². The molecule has 0 bridgehead atoms. The van der Waals surface area contributed by atoms with E-state index in [9.17, 15) is 14.0 Å². The van der Waals surface area contributed by atoms with Gasteiger partial charge in [-0.15, -0.1) is 11.8 Å². The van der Waals surface area contributed by atoms with Gasteiger partial charge in [0.25, 0.3) is 17.3 Å². The second kappa shape index (κ2) is 10.7. The Morgan fingerprint density at radius 3 is 2.50 bits per heavy atom. The number of carbonyl (C=O) groups is 1. The van der Waals surface area contributed by atoms with Crippen molar-refractivity contribution in [3.63, 3.8) is 0 Å². The van der Waals surface area contributed by atoms with Crippen LogP contribution in [0.4, 0.5) is 4.39 Å². The summed E-state index contributed by atoms with van der Waals surface area (Å²) >= 11 is 8.06. The van der Waals surface area contributed by atoms with E-state index in [1.165, 1.54) is 11.8 Å². The average molecular weight is 564 g/mol. The second-order valence-corrected chi connectivity index (χ2v) is 12.2. The van der Waals surface area contributed by atoms with Crippen molar-refractivity contribution in [1.82, 2.24) is 15.6 Å². The lowest BCUT2D eigenvalue weighted by Crippen LogP contribution is -2.51. The maximum atomic E-state index is 13.2. The van der Waals surface area contributed by atoms with Crippen LogP contribution in [0.1, 0.15) is 72.6 Å². The molecule has 3 N–H and O–H groups in total. The summed E-state index contributed by atoms with van der Waals surface area (Å²) in [7, 11) is 0. The molecule has 0 radical (unpaired) electrons. The number of aryl methyl sites for hydroxylation is 1. The maximum Gasteiger partial charge on any atom is 0.254 e. The molecule has 2 fully saturated rings. The van der Waals surface area contributed by atoms with Crippen LogP contribution in [0.5, 0.6) is 11.5 Å². The van der Waals surface area contributed by atoms with Gasteiger partial charge >= 0.3 is 0 Å². The largest absolute Gasteiger partial charge is 0.448 e. The number of thioether (sulfide) groups is 1. The number of carbonyl (C=O) groups excluding carboxylic acids is 1. The van der Waals surface area contributed by atoms with Crippen molar-refractivity contribution in [2.24, 2.45) is 5.92 Å². The van der Waals surface area contributed by atoms with Gasteiger partial charge in [-0.2, -0.15) is 0 Å². The summed E-state index contributed by atoms with van der Waals surface area (Å²) < 4.78 is 25.9. The monoisotopic (exact) mass is 563 g/mol. The third-order valence-corrected chi connectivity index (χ3v) is 9.27. The van der Waals surface area contributed by atoms with Crippen LogP contribution < -0.4 is 25.7 Å². The number of hydrogen-bond acceptors (Lipinski definition) is 6. The third-order valence-electron chi connectivity index (χ3n) is 8.19. The van der Waals surface area contributed by atoms with Gasteiger partial charge in [-0.1, -0.05) is 11.6 Å². The van der Waals surface area contributed by atoms with Gasteiger partial charge in [0.2, 0.25) is 0 Å². The van der Waals surface area contributed by atoms with Crippen molar-refractivity contribution in [3.8, 4) is 11.5 Å². The minimum absolute atomic E-state index is 0.0952. The first-order valence-electron chi connectivity index (χ1n) is 13.2. The highest BCUT2D eigenvalue weighted by molar-refractivity contribution is 7.98. The van der Waals surface area contributed by atoms with E-state index in [1.54, 1.807) is 6.07 Å². The summed E-state index contributed by atoms with van der Waals surface area (Å²) in [6.45, 7) is 5.68. The number of rotatable bonds is 7. The highest BCUT2D eigenvalue weighted by Crippen LogP contribution is 2.51. The van der Waals surface area contributed by atoms with Gasteiger partial charge in [0.05, 0.1) is 5.02 Å². The molecule has 1 unspecified atom stereocenters. The molecule has 2 saturated carbocycles. The maximum absolute atomic E-state index is 13.2. The number of ether oxygens (including phenoxy) is 2. The molecule has 3 aliphatic rings. The fourth-order valence-electron chi connectivity index (χ4n) is 5.85. The van der Waals surface area contributed by atoms with Crippen molar-refractivity contribution in [3.05, 3.63) is 49.9 Å². The summed E-state index contributed by atoms with van der Waals surface area (Å²) in [5, 5.41) is 6.78. The summed E-state index contributed by atoms with van der Waals surface area (Å²) in [4.78, 5) is 29.3. The van der Waals surface area contributed by atoms with E-state index >= 15 is 0 Å². The molecule has 38 heavy (non-hydrogen) atoms. The van der Waals surface area contributed by atoms with Gasteiger partial charge in [-0.3, -0.25) is 9.59 Å². The van der Waals surface area contributed by atoms with Crippen LogP contribution >= 0.6 is 23.4 Å². The van der Waals surface area contributed by atoms with Crippen molar-refractivity contribution in [1.29, 1.82) is 0 Å². The van der Waals surface area contributed by atoms with E-state index in [1.807, 2.05) is 33.1 Å². The zero-order valence-corrected chi connectivity index (χ0v) is 23.8. The molecular weight excluding hydrogens is 529 g/mol. The van der Waals surface area contributed by atoms with E-state index in [-0.39, 0.29) is 23.9 Å². The molecule has 10 heteroatoms. The number of hydrogen-bond donors (Lipinski definition) is 3. The van der Waals surface area contributed by atoms with Gasteiger partial charge in [-0.25, -0.2) is 4.39 Å². The number of aromatic amines is 1. The highest BCUT2D eigenvalue weighted by Gasteiger charge is 2.47. The van der Waals surface area contributed by atoms with Gasteiger partial charge in [0.1, 0.15) is 6.17 Å². The molecule has 1 atom stereocenters. The molecule has 2 heterocycles. The molecule has 0 spiro atoms. The SMILES string of the molecule is CSc1cc(C)[nH]c(=O)c1CNC(=O)c1cc(Cl)c2c(c1C)OC(C)([C@H]1CC[C@H](N[C@H]3C[C@@H](F)C3)CC1)O2. The number of nitrogens with one attached hydrogen (secondary N) is 3. The molecule has 2 aromatic rings. The Morgan fingerprint density at radius 1 is 1.16 bits per heavy atom. The van der Waals surface area contributed by atoms with E-state index in [2.05, 4.69) is 15.6 Å². The normalized spacial score (nSPS) is 28.2. The number of pyridine rings is 1. The van der Waals surface area contributed by atoms with Gasteiger partial charge in [0.15, 0.2) is 11.5 Å². The first kappa shape index (κ1) is 27.3. The topological polar surface area (TPSA) is 92.5 Å². The molecule has 7 nitrogen and oxygen atoms in total. The molecule has 1 amide bonds. The molecule has 1 aliphatic heterocycles. The number of fused-ring (bicyclic) bond motifs is 1. The smallest absolute Gasteiger partial charge is 0.254 e. The Labute approximate surface area is 231 Å². The Kier molecular flexibility index (Phi) is 7.73. The molecule has 2 aliphatic carbocycles. The Bertz CT molecular complexity index is 1290. The molecule has 1 aromatic carbocycles. The minimum atomic E-state index is -0.875. The first-order valence-corrected chi connectivity index (χ1v) is 14.8. The van der Waals surface area contributed by atoms with Gasteiger partial charge in [-0.05, 0) is 70.8 Å². The number of benzene rings is 1. The fourth-order valence-corrected chi connectivity index (χ4v) is 6.79. The number of halogens is 2. The summed E-state index contributed by atoms with van der Waals surface area (Å²) in [6.07, 6.45) is 6.28. The van der Waals surface area contributed by atoms with Crippen LogP contribution in [-0.4, -0.2) is 41.2 Å². The fraction of sp³-hybridized carbons (Fsp3) is 0.571. The zero-order chi connectivity index (χ0) is 27.2. The van der Waals surface area contributed by atoms with E-state index in [0.717, 1.165) is 36.3 Å². The standard InChI is InChI=1S/C28H35ClFN3O4S/c1-14-9-23(38-4)21(27(35)32-14)13-31-26(34)20-12-22(29)25-24(15(20)2)36-28(3,37-25)16-5-7-18(8-6-16)33-19-10-17(30)11-19/h9,12,16-19,33H,5-8,10-11,13H2,1-4H3,(H,31,34)(H,32,35)/t16-,17-,18-,19+,28?. The predicted octanol–water partition coefficient (Wildman–Crippen LogP) is 5.43. The lowest BCUT2D eigenvalue weighted by atomic mass is 9.80. The van der Waals surface area contributed by atoms with Crippen molar-refractivity contribution < 1.29 is 18.7 Å². The van der Waals surface area contributed by atoms with Crippen molar-refractivity contribution in [2.75, 3.05) is 6.26 Å². The van der Waals surface area contributed by atoms with Crippen LogP contribution in [0.2, 0.25) is 5.02 Å². The summed E-state index contributed by atoms with van der Waals surface area (Å²) in [6, 6.07) is 4.19. The quantitative estimate of drug-likeness (QED) is 0.389. The summed E-state index contributed by atoms with van der Waals surface area (Å²) in [5.41, 5.74) is 2.11. The highest BCUT2D eigenvalue weighted by atomic mass is 35.5. The third kappa shape index (κ3) is 5.29. The van der Waals surface area contributed by atoms with E-state index in [4.69, 9.17) is 21.1 Å². The van der Waals surface area contributed by atoms with Crippen LogP contribution in [0.15, 0.2) is 21.8 Å². The Hall–Kier alpha value is -2.23. The molecule has 0 saturated heterocycles. The summed E-state index contributed by atoms with van der Waals surface area (Å²) in [5.74, 6) is -0.0955. The van der Waals surface area contributed by atoms with Crippen LogP contribution in [0.25, 0.3) is 0 Å². The molecule has 5 rings (SSSR count). The first-order chi connectivity index (χ1) is 18.1. The average Bonchev–Trinajstić information content (AvgIpc) is 3.24. The zero-order valence-electron chi connectivity index (χ0n) is 22.2. The lowest BCUT2D eigenvalue weighted by molar-refractivity contribution is -0.121. The van der Waals surface area contributed by atoms with Crippen LogP contribution in [-0.2, 0) is 6.54 Å². The number of amides is 1. The van der Waals surface area contributed by atoms with Gasteiger partial charge in [0, 0.05) is 58.7 Å². The number of H-pyrrole nitrogens is 1. The van der Waals surface area contributed by atoms with E-state index in [0.29, 0.717) is 58.1 Å². The predicted molar refractivity (Wildman–Crippen MR) is 147 cm³/mol. The minimum Gasteiger partial charge on any atom is -0.448 e. The number of aromatic nitrogens is 1. The van der Waals surface area contributed by atoms with Crippen LogP contribution in [0.3, 0.4) is 0 Å². The van der Waals surface area contributed by atoms with Crippen molar-refractivity contribution in [2.45, 2.75) is 94.8 Å².